The van der Waals surface area contributed by atoms with E-state index in [9.17, 15) is 18.0 Å². The van der Waals surface area contributed by atoms with Gasteiger partial charge in [-0.15, -0.1) is 0 Å². The summed E-state index contributed by atoms with van der Waals surface area (Å²) in [5.74, 6) is -0.928. The Morgan fingerprint density at radius 2 is 1.60 bits per heavy atom. The molecule has 10 heteroatoms. The predicted octanol–water partition coefficient (Wildman–Crippen LogP) is 6.14. The van der Waals surface area contributed by atoms with Crippen LogP contribution >= 0.6 is 23.2 Å². The number of hydrogen-bond donors (Lipinski definition) is 1. The monoisotopic (exact) mass is 603 g/mol. The molecule has 3 rings (SSSR count). The lowest BCUT2D eigenvalue weighted by atomic mass is 10.1. The molecule has 7 nitrogen and oxygen atoms in total. The molecule has 40 heavy (non-hydrogen) atoms. The van der Waals surface area contributed by atoms with Gasteiger partial charge in [0.25, 0.3) is 10.0 Å². The van der Waals surface area contributed by atoms with Crippen molar-refractivity contribution in [1.82, 2.24) is 10.2 Å². The van der Waals surface area contributed by atoms with Gasteiger partial charge in [0.2, 0.25) is 11.8 Å². The number of hydrogen-bond acceptors (Lipinski definition) is 4. The van der Waals surface area contributed by atoms with Crippen LogP contribution in [-0.4, -0.2) is 44.3 Å². The van der Waals surface area contributed by atoms with Crippen LogP contribution in [0.25, 0.3) is 0 Å². The molecular formula is C30H35Cl2N3O4S. The maximum Gasteiger partial charge on any atom is 0.264 e. The van der Waals surface area contributed by atoms with E-state index in [1.165, 1.54) is 17.0 Å². The average Bonchev–Trinajstić information content (AvgIpc) is 2.92. The molecule has 3 aromatic carbocycles. The van der Waals surface area contributed by atoms with Gasteiger partial charge >= 0.3 is 0 Å². The third kappa shape index (κ3) is 7.56. The van der Waals surface area contributed by atoms with Gasteiger partial charge in [0, 0.05) is 28.7 Å². The van der Waals surface area contributed by atoms with Crippen molar-refractivity contribution in [2.24, 2.45) is 0 Å². The Morgan fingerprint density at radius 3 is 2.20 bits per heavy atom. The second kappa shape index (κ2) is 14.0. The number of nitrogens with zero attached hydrogens (tertiary/aromatic N) is 2. The lowest BCUT2D eigenvalue weighted by Gasteiger charge is -2.32. The van der Waals surface area contributed by atoms with Crippen molar-refractivity contribution in [3.63, 3.8) is 0 Å². The van der Waals surface area contributed by atoms with E-state index in [2.05, 4.69) is 5.32 Å². The third-order valence-electron chi connectivity index (χ3n) is 6.62. The molecule has 0 heterocycles. The Bertz CT molecular complexity index is 1430. The Kier molecular flexibility index (Phi) is 11.0. The molecule has 214 valence electrons. The molecule has 0 fully saturated rings. The highest BCUT2D eigenvalue weighted by Crippen LogP contribution is 2.30. The van der Waals surface area contributed by atoms with E-state index < -0.39 is 28.5 Å². The first-order valence-electron chi connectivity index (χ1n) is 13.1. The number of rotatable bonds is 12. The summed E-state index contributed by atoms with van der Waals surface area (Å²) in [6.45, 7) is 7.18. The summed E-state index contributed by atoms with van der Waals surface area (Å²) in [5.41, 5.74) is 2.49. The minimum Gasteiger partial charge on any atom is -0.354 e. The Morgan fingerprint density at radius 1 is 0.950 bits per heavy atom. The van der Waals surface area contributed by atoms with Gasteiger partial charge < -0.3 is 10.2 Å². The summed E-state index contributed by atoms with van der Waals surface area (Å²) in [5, 5.41) is 3.54. The number of sulfonamides is 1. The molecule has 1 N–H and O–H groups in total. The van der Waals surface area contributed by atoms with Crippen molar-refractivity contribution in [3.8, 4) is 0 Å². The fourth-order valence-electron chi connectivity index (χ4n) is 4.29. The second-order valence-electron chi connectivity index (χ2n) is 9.66. The van der Waals surface area contributed by atoms with Crippen molar-refractivity contribution in [1.29, 1.82) is 0 Å². The fourth-order valence-corrected chi connectivity index (χ4v) is 6.31. The molecule has 0 aliphatic rings. The topological polar surface area (TPSA) is 86.8 Å². The van der Waals surface area contributed by atoms with Crippen molar-refractivity contribution in [2.45, 2.75) is 58.0 Å². The molecule has 0 saturated heterocycles. The van der Waals surface area contributed by atoms with Crippen LogP contribution in [0.5, 0.6) is 0 Å². The highest BCUT2D eigenvalue weighted by Gasteiger charge is 2.33. The van der Waals surface area contributed by atoms with E-state index >= 15 is 0 Å². The number of benzene rings is 3. The van der Waals surface area contributed by atoms with Crippen LogP contribution in [0.3, 0.4) is 0 Å². The van der Waals surface area contributed by atoms with Crippen molar-refractivity contribution < 1.29 is 18.0 Å². The molecule has 2 amide bonds. The minimum absolute atomic E-state index is 0.0498. The standard InChI is InChI=1S/C30H35Cl2N3O4S/c1-5-6-17-33-30(37)23(4)34(19-25-26(31)13-10-14-27(25)32)29(36)20-35(28-16-15-21(2)18-22(28)3)40(38,39)24-11-8-7-9-12-24/h7-16,18,23H,5-6,17,19-20H2,1-4H3,(H,33,37)/t23-/m0/s1. The molecule has 0 unspecified atom stereocenters. The second-order valence-corrected chi connectivity index (χ2v) is 12.3. The molecule has 0 aliphatic carbocycles. The first kappa shape index (κ1) is 31.5. The SMILES string of the molecule is CCCCNC(=O)[C@H](C)N(Cc1c(Cl)cccc1Cl)C(=O)CN(c1ccc(C)cc1C)S(=O)(=O)c1ccccc1. The number of carbonyl (C=O) groups is 2. The normalized spacial score (nSPS) is 12.1. The first-order valence-corrected chi connectivity index (χ1v) is 15.3. The molecule has 3 aromatic rings. The summed E-state index contributed by atoms with van der Waals surface area (Å²) in [7, 11) is -4.14. The van der Waals surface area contributed by atoms with Crippen molar-refractivity contribution in [2.75, 3.05) is 17.4 Å². The predicted molar refractivity (Wildman–Crippen MR) is 161 cm³/mol. The van der Waals surface area contributed by atoms with Crippen LogP contribution in [-0.2, 0) is 26.2 Å². The lowest BCUT2D eigenvalue weighted by molar-refractivity contribution is -0.139. The van der Waals surface area contributed by atoms with Gasteiger partial charge in [-0.3, -0.25) is 13.9 Å². The number of halogens is 2. The van der Waals surface area contributed by atoms with Crippen LogP contribution in [0.15, 0.2) is 71.6 Å². The molecule has 0 aromatic heterocycles. The smallest absolute Gasteiger partial charge is 0.264 e. The van der Waals surface area contributed by atoms with Gasteiger partial charge in [0.15, 0.2) is 0 Å². The van der Waals surface area contributed by atoms with Gasteiger partial charge in [-0.1, -0.05) is 78.5 Å². The molecule has 0 saturated carbocycles. The number of aryl methyl sites for hydroxylation is 2. The van der Waals surface area contributed by atoms with E-state index in [0.717, 1.165) is 22.7 Å². The van der Waals surface area contributed by atoms with Crippen molar-refractivity contribution >= 4 is 50.7 Å². The average molecular weight is 605 g/mol. The highest BCUT2D eigenvalue weighted by atomic mass is 35.5. The zero-order valence-electron chi connectivity index (χ0n) is 23.2. The van der Waals surface area contributed by atoms with Crippen LogP contribution in [0.2, 0.25) is 10.0 Å². The van der Waals surface area contributed by atoms with Crippen LogP contribution in [0.1, 0.15) is 43.4 Å². The number of unbranched alkanes of at least 4 members (excludes halogenated alkanes) is 1. The number of nitrogens with one attached hydrogen (secondary N) is 1. The van der Waals surface area contributed by atoms with E-state index in [-0.39, 0.29) is 17.3 Å². The minimum atomic E-state index is -4.14. The van der Waals surface area contributed by atoms with Gasteiger partial charge in [-0.25, -0.2) is 8.42 Å². The molecule has 0 aliphatic heterocycles. The Hall–Kier alpha value is -3.07. The van der Waals surface area contributed by atoms with Crippen LogP contribution < -0.4 is 9.62 Å². The maximum absolute atomic E-state index is 14.0. The van der Waals surface area contributed by atoms with E-state index in [0.29, 0.717) is 33.4 Å². The van der Waals surface area contributed by atoms with Crippen LogP contribution in [0.4, 0.5) is 5.69 Å². The van der Waals surface area contributed by atoms with E-state index in [4.69, 9.17) is 23.2 Å². The summed E-state index contributed by atoms with van der Waals surface area (Å²) in [4.78, 5) is 28.5. The first-order chi connectivity index (χ1) is 19.0. The zero-order chi connectivity index (χ0) is 29.4. The number of carbonyl (C=O) groups excluding carboxylic acids is 2. The van der Waals surface area contributed by atoms with Gasteiger partial charge in [0.1, 0.15) is 12.6 Å². The zero-order valence-corrected chi connectivity index (χ0v) is 25.5. The lowest BCUT2D eigenvalue weighted by Crippen LogP contribution is -2.51. The highest BCUT2D eigenvalue weighted by molar-refractivity contribution is 7.92. The van der Waals surface area contributed by atoms with E-state index in [1.54, 1.807) is 62.4 Å². The Balaban J connectivity index is 2.06. The molecule has 0 bridgehead atoms. The van der Waals surface area contributed by atoms with E-state index in [1.807, 2.05) is 19.9 Å². The van der Waals surface area contributed by atoms with Crippen molar-refractivity contribution in [3.05, 3.63) is 93.5 Å². The summed E-state index contributed by atoms with van der Waals surface area (Å²) in [6.07, 6.45) is 1.69. The molecule has 1 atom stereocenters. The maximum atomic E-state index is 14.0. The van der Waals surface area contributed by atoms with Gasteiger partial charge in [-0.2, -0.15) is 0 Å². The summed E-state index contributed by atoms with van der Waals surface area (Å²) >= 11 is 12.9. The van der Waals surface area contributed by atoms with Gasteiger partial charge in [0.05, 0.1) is 10.6 Å². The quantitative estimate of drug-likeness (QED) is 0.252. The third-order valence-corrected chi connectivity index (χ3v) is 9.10. The Labute approximate surface area is 247 Å². The number of amides is 2. The summed E-state index contributed by atoms with van der Waals surface area (Å²) in [6, 6.07) is 17.4. The summed E-state index contributed by atoms with van der Waals surface area (Å²) < 4.78 is 28.9. The molecular weight excluding hydrogens is 569 g/mol. The largest absolute Gasteiger partial charge is 0.354 e. The number of anilines is 1. The molecule has 0 spiro atoms. The van der Waals surface area contributed by atoms with Crippen LogP contribution in [0, 0.1) is 13.8 Å². The van der Waals surface area contributed by atoms with Gasteiger partial charge in [-0.05, 0) is 63.1 Å². The fraction of sp³-hybridized carbons (Fsp3) is 0.333. The molecule has 0 radical (unpaired) electrons.